The van der Waals surface area contributed by atoms with E-state index in [-0.39, 0.29) is 18.6 Å². The van der Waals surface area contributed by atoms with Gasteiger partial charge in [0, 0.05) is 5.56 Å². The highest BCUT2D eigenvalue weighted by molar-refractivity contribution is 5.82. The van der Waals surface area contributed by atoms with Crippen LogP contribution >= 0.6 is 0 Å². The lowest BCUT2D eigenvalue weighted by molar-refractivity contribution is -0.174. The summed E-state index contributed by atoms with van der Waals surface area (Å²) in [5.41, 5.74) is 0.108. The van der Waals surface area contributed by atoms with E-state index in [4.69, 9.17) is 4.74 Å². The number of halogens is 5. The zero-order valence-electron chi connectivity index (χ0n) is 10.0. The predicted octanol–water partition coefficient (Wildman–Crippen LogP) is 2.61. The molecule has 1 aromatic rings. The molecule has 0 fully saturated rings. The Labute approximate surface area is 110 Å². The third-order valence-corrected chi connectivity index (χ3v) is 2.84. The fourth-order valence-electron chi connectivity index (χ4n) is 1.91. The van der Waals surface area contributed by atoms with Crippen molar-refractivity contribution in [3.8, 4) is 5.75 Å². The number of ether oxygens (including phenoxy) is 1. The van der Waals surface area contributed by atoms with Gasteiger partial charge in [0.25, 0.3) is 6.43 Å². The predicted molar refractivity (Wildman–Crippen MR) is 58.6 cm³/mol. The molecule has 0 aromatic heterocycles. The van der Waals surface area contributed by atoms with Crippen LogP contribution in [-0.4, -0.2) is 24.7 Å². The fraction of sp³-hybridized carbons (Fsp3) is 0.417. The molecule has 20 heavy (non-hydrogen) atoms. The molecule has 3 nitrogen and oxygen atoms in total. The van der Waals surface area contributed by atoms with Crippen molar-refractivity contribution in [3.63, 3.8) is 0 Å². The molecule has 1 heterocycles. The number of nitrogens with one attached hydrogen (secondary N) is 1. The lowest BCUT2D eigenvalue weighted by Crippen LogP contribution is -2.48. The third kappa shape index (κ3) is 3.17. The van der Waals surface area contributed by atoms with E-state index >= 15 is 0 Å². The first-order valence-electron chi connectivity index (χ1n) is 5.69. The number of alkyl halides is 5. The van der Waals surface area contributed by atoms with Crippen molar-refractivity contribution in [3.05, 3.63) is 29.3 Å². The van der Waals surface area contributed by atoms with Gasteiger partial charge in [-0.15, -0.1) is 0 Å². The lowest BCUT2D eigenvalue weighted by atomic mass is 10.0. The van der Waals surface area contributed by atoms with Crippen LogP contribution in [0.2, 0.25) is 0 Å². The molecule has 0 saturated carbocycles. The topological polar surface area (TPSA) is 38.3 Å². The van der Waals surface area contributed by atoms with E-state index in [1.54, 1.807) is 5.32 Å². The van der Waals surface area contributed by atoms with E-state index in [2.05, 4.69) is 0 Å². The molecule has 1 aliphatic rings. The first-order chi connectivity index (χ1) is 9.27. The Bertz CT molecular complexity index is 515. The Morgan fingerprint density at radius 1 is 1.35 bits per heavy atom. The van der Waals surface area contributed by atoms with Crippen LogP contribution in [0.25, 0.3) is 0 Å². The highest BCUT2D eigenvalue weighted by Gasteiger charge is 2.40. The summed E-state index contributed by atoms with van der Waals surface area (Å²) in [7, 11) is 0. The van der Waals surface area contributed by atoms with Gasteiger partial charge in [-0.05, 0) is 30.2 Å². The molecule has 0 aliphatic carbocycles. The first-order valence-corrected chi connectivity index (χ1v) is 5.69. The van der Waals surface area contributed by atoms with Crippen LogP contribution in [0.15, 0.2) is 18.2 Å². The second-order valence-electron chi connectivity index (χ2n) is 4.35. The molecule has 8 heteroatoms. The molecular weight excluding hydrogens is 285 g/mol. The van der Waals surface area contributed by atoms with Gasteiger partial charge < -0.3 is 10.1 Å². The maximum absolute atomic E-state index is 12.5. The van der Waals surface area contributed by atoms with Gasteiger partial charge in [0.1, 0.15) is 12.4 Å². The van der Waals surface area contributed by atoms with Crippen molar-refractivity contribution in [2.75, 3.05) is 6.61 Å². The number of benzene rings is 1. The van der Waals surface area contributed by atoms with E-state index in [1.165, 1.54) is 18.2 Å². The van der Waals surface area contributed by atoms with E-state index < -0.39 is 24.6 Å². The molecule has 1 atom stereocenters. The molecule has 0 radical (unpaired) electrons. The standard InChI is InChI=1S/C12H10F5NO2/c13-10(14)6-1-2-9-7(3-6)4-8(5-20-9)18-11(19)12(15,16)17/h1-3,8,10H,4-5H2,(H,18,19)/t8-/m1/s1. The Hall–Kier alpha value is -1.86. The summed E-state index contributed by atoms with van der Waals surface area (Å²) in [5, 5.41) is 1.77. The monoisotopic (exact) mass is 295 g/mol. The van der Waals surface area contributed by atoms with E-state index in [0.717, 1.165) is 0 Å². The quantitative estimate of drug-likeness (QED) is 0.852. The van der Waals surface area contributed by atoms with E-state index in [1.807, 2.05) is 0 Å². The van der Waals surface area contributed by atoms with Gasteiger partial charge in [-0.1, -0.05) is 0 Å². The minimum Gasteiger partial charge on any atom is -0.491 e. The Kier molecular flexibility index (Phi) is 3.82. The molecule has 1 amide bonds. The molecule has 0 unspecified atom stereocenters. The summed E-state index contributed by atoms with van der Waals surface area (Å²) in [5.74, 6) is -1.73. The first kappa shape index (κ1) is 14.5. The van der Waals surface area contributed by atoms with Crippen molar-refractivity contribution >= 4 is 5.91 Å². The van der Waals surface area contributed by atoms with Crippen LogP contribution in [0.3, 0.4) is 0 Å². The average Bonchev–Trinajstić information content (AvgIpc) is 2.36. The van der Waals surface area contributed by atoms with Crippen LogP contribution in [0.4, 0.5) is 22.0 Å². The number of carbonyl (C=O) groups is 1. The van der Waals surface area contributed by atoms with E-state index in [9.17, 15) is 26.7 Å². The second-order valence-corrected chi connectivity index (χ2v) is 4.35. The smallest absolute Gasteiger partial charge is 0.471 e. The van der Waals surface area contributed by atoms with Gasteiger partial charge in [-0.2, -0.15) is 13.2 Å². The zero-order chi connectivity index (χ0) is 14.9. The molecule has 110 valence electrons. The SMILES string of the molecule is O=C(N[C@H]1COc2ccc(C(F)F)cc2C1)C(F)(F)F. The minimum absolute atomic E-state index is 0.0116. The van der Waals surface area contributed by atoms with Crippen molar-refractivity contribution in [2.45, 2.75) is 25.1 Å². The van der Waals surface area contributed by atoms with Crippen molar-refractivity contribution < 1.29 is 31.5 Å². The molecule has 0 bridgehead atoms. The van der Waals surface area contributed by atoms with Gasteiger partial charge in [-0.25, -0.2) is 8.78 Å². The third-order valence-electron chi connectivity index (χ3n) is 2.84. The van der Waals surface area contributed by atoms with Gasteiger partial charge in [0.05, 0.1) is 6.04 Å². The lowest BCUT2D eigenvalue weighted by Gasteiger charge is -2.26. The minimum atomic E-state index is -4.98. The average molecular weight is 295 g/mol. The van der Waals surface area contributed by atoms with Crippen LogP contribution in [0.5, 0.6) is 5.75 Å². The number of fused-ring (bicyclic) bond motifs is 1. The van der Waals surface area contributed by atoms with Crippen molar-refractivity contribution in [1.82, 2.24) is 5.32 Å². The number of rotatable bonds is 2. The molecule has 1 aromatic carbocycles. The number of amides is 1. The molecule has 0 spiro atoms. The fourth-order valence-corrected chi connectivity index (χ4v) is 1.91. The van der Waals surface area contributed by atoms with E-state index in [0.29, 0.717) is 11.3 Å². The van der Waals surface area contributed by atoms with Gasteiger partial charge in [0.2, 0.25) is 0 Å². The van der Waals surface area contributed by atoms with Crippen LogP contribution in [-0.2, 0) is 11.2 Å². The maximum Gasteiger partial charge on any atom is 0.471 e. The summed E-state index contributed by atoms with van der Waals surface area (Å²) in [4.78, 5) is 10.8. The van der Waals surface area contributed by atoms with Crippen LogP contribution < -0.4 is 10.1 Å². The van der Waals surface area contributed by atoms with Gasteiger partial charge >= 0.3 is 12.1 Å². The van der Waals surface area contributed by atoms with Crippen molar-refractivity contribution in [2.24, 2.45) is 0 Å². The Morgan fingerprint density at radius 3 is 2.65 bits per heavy atom. The highest BCUT2D eigenvalue weighted by Crippen LogP contribution is 2.29. The normalized spacial score (nSPS) is 18.4. The molecule has 0 saturated heterocycles. The summed E-state index contributed by atoms with van der Waals surface area (Å²) in [6.45, 7) is -0.136. The Morgan fingerprint density at radius 2 is 2.05 bits per heavy atom. The highest BCUT2D eigenvalue weighted by atomic mass is 19.4. The van der Waals surface area contributed by atoms with Crippen LogP contribution in [0, 0.1) is 0 Å². The largest absolute Gasteiger partial charge is 0.491 e. The second kappa shape index (κ2) is 5.26. The molecule has 1 N–H and O–H groups in total. The van der Waals surface area contributed by atoms with Gasteiger partial charge in [0.15, 0.2) is 0 Å². The summed E-state index contributed by atoms with van der Waals surface area (Å²) in [6.07, 6.45) is -7.64. The summed E-state index contributed by atoms with van der Waals surface area (Å²) in [6, 6.07) is 2.81. The summed E-state index contributed by atoms with van der Waals surface area (Å²) >= 11 is 0. The molecule has 1 aliphatic heterocycles. The van der Waals surface area contributed by atoms with Crippen LogP contribution in [0.1, 0.15) is 17.6 Å². The molecule has 2 rings (SSSR count). The molecular formula is C12H10F5NO2. The van der Waals surface area contributed by atoms with Crippen molar-refractivity contribution in [1.29, 1.82) is 0 Å². The number of carbonyl (C=O) groups excluding carboxylic acids is 1. The number of hydrogen-bond donors (Lipinski definition) is 1. The van der Waals surface area contributed by atoms with Gasteiger partial charge in [-0.3, -0.25) is 4.79 Å². The zero-order valence-corrected chi connectivity index (χ0v) is 10.0. The summed E-state index contributed by atoms with van der Waals surface area (Å²) < 4.78 is 66.6. The Balaban J connectivity index is 2.10. The maximum atomic E-state index is 12.5. The number of hydrogen-bond acceptors (Lipinski definition) is 2.